The Bertz CT molecular complexity index is 389. The highest BCUT2D eigenvalue weighted by molar-refractivity contribution is 6.00. The molecule has 0 aromatic carbocycles. The molecule has 0 bridgehead atoms. The van der Waals surface area contributed by atoms with Gasteiger partial charge in [-0.3, -0.25) is 9.48 Å². The molecule has 1 N–H and O–H groups in total. The highest BCUT2D eigenvalue weighted by Gasteiger charge is 2.40. The van der Waals surface area contributed by atoms with Gasteiger partial charge < -0.3 is 5.11 Å². The van der Waals surface area contributed by atoms with Gasteiger partial charge in [0.05, 0.1) is 0 Å². The van der Waals surface area contributed by atoms with Gasteiger partial charge in [0.15, 0.2) is 0 Å². The van der Waals surface area contributed by atoms with E-state index in [2.05, 4.69) is 12.0 Å². The first-order valence-corrected chi connectivity index (χ1v) is 5.78. The van der Waals surface area contributed by atoms with E-state index in [1.165, 1.54) is 4.68 Å². The van der Waals surface area contributed by atoms with Gasteiger partial charge in [-0.15, -0.1) is 0 Å². The van der Waals surface area contributed by atoms with Crippen molar-refractivity contribution >= 4 is 5.78 Å². The van der Waals surface area contributed by atoms with E-state index in [-0.39, 0.29) is 5.78 Å². The molecule has 1 aliphatic rings. The van der Waals surface area contributed by atoms with E-state index >= 15 is 0 Å². The Labute approximate surface area is 95.3 Å². The van der Waals surface area contributed by atoms with E-state index in [1.807, 2.05) is 0 Å². The molecule has 0 radical (unpaired) electrons. The van der Waals surface area contributed by atoms with Crippen LogP contribution < -0.4 is 0 Å². The standard InChI is InChI=1S/C12H18N2O2/c1-9-3-6-12(16,7-4-9)11(15)10-5-8-13-14(10)2/h5,8-9,16H,3-4,6-7H2,1-2H3. The normalized spacial score (nSPS) is 30.3. The van der Waals surface area contributed by atoms with Gasteiger partial charge in [-0.1, -0.05) is 6.92 Å². The van der Waals surface area contributed by atoms with Gasteiger partial charge in [-0.25, -0.2) is 0 Å². The quantitative estimate of drug-likeness (QED) is 0.772. The molecule has 2 rings (SSSR count). The fraction of sp³-hybridized carbons (Fsp3) is 0.667. The Kier molecular flexibility index (Phi) is 2.84. The maximum atomic E-state index is 12.2. The van der Waals surface area contributed by atoms with Crippen LogP contribution in [0, 0.1) is 5.92 Å². The molecule has 1 heterocycles. The van der Waals surface area contributed by atoms with Crippen molar-refractivity contribution in [1.82, 2.24) is 9.78 Å². The lowest BCUT2D eigenvalue weighted by Crippen LogP contribution is -2.42. The molecule has 4 heteroatoms. The van der Waals surface area contributed by atoms with Gasteiger partial charge >= 0.3 is 0 Å². The fourth-order valence-corrected chi connectivity index (χ4v) is 2.30. The lowest BCUT2D eigenvalue weighted by Gasteiger charge is -2.33. The summed E-state index contributed by atoms with van der Waals surface area (Å²) in [5, 5.41) is 14.3. The Morgan fingerprint density at radius 1 is 1.56 bits per heavy atom. The number of aliphatic hydroxyl groups is 1. The molecule has 1 aromatic heterocycles. The van der Waals surface area contributed by atoms with Crippen molar-refractivity contribution in [2.24, 2.45) is 13.0 Å². The number of hydrogen-bond acceptors (Lipinski definition) is 3. The third kappa shape index (κ3) is 1.89. The van der Waals surface area contributed by atoms with Gasteiger partial charge in [-0.2, -0.15) is 5.10 Å². The third-order valence-electron chi connectivity index (χ3n) is 3.58. The summed E-state index contributed by atoms with van der Waals surface area (Å²) in [4.78, 5) is 12.2. The number of aryl methyl sites for hydroxylation is 1. The van der Waals surface area contributed by atoms with Crippen molar-refractivity contribution in [1.29, 1.82) is 0 Å². The number of carbonyl (C=O) groups is 1. The number of hydrogen-bond donors (Lipinski definition) is 1. The van der Waals surface area contributed by atoms with E-state index in [4.69, 9.17) is 0 Å². The molecule has 0 atom stereocenters. The van der Waals surface area contributed by atoms with E-state index < -0.39 is 5.60 Å². The van der Waals surface area contributed by atoms with Crippen LogP contribution >= 0.6 is 0 Å². The summed E-state index contributed by atoms with van der Waals surface area (Å²) in [6.07, 6.45) is 4.55. The molecular formula is C12H18N2O2. The van der Waals surface area contributed by atoms with Gasteiger partial charge in [0.25, 0.3) is 0 Å². The van der Waals surface area contributed by atoms with Crippen LogP contribution in [0.5, 0.6) is 0 Å². The summed E-state index contributed by atoms with van der Waals surface area (Å²) in [5.74, 6) is 0.430. The number of Topliss-reactive ketones (excluding diaryl/α,β-unsaturated/α-hetero) is 1. The lowest BCUT2D eigenvalue weighted by molar-refractivity contribution is 0.00346. The lowest BCUT2D eigenvalue weighted by atomic mass is 9.76. The van der Waals surface area contributed by atoms with Crippen LogP contribution in [0.15, 0.2) is 12.3 Å². The fourth-order valence-electron chi connectivity index (χ4n) is 2.30. The van der Waals surface area contributed by atoms with E-state index in [9.17, 15) is 9.90 Å². The van der Waals surface area contributed by atoms with Crippen LogP contribution in [0.4, 0.5) is 0 Å². The second kappa shape index (κ2) is 4.01. The molecule has 0 aliphatic heterocycles. The molecule has 88 valence electrons. The number of carbonyl (C=O) groups excluding carboxylic acids is 1. The van der Waals surface area contributed by atoms with Crippen molar-refractivity contribution in [3.63, 3.8) is 0 Å². The summed E-state index contributed by atoms with van der Waals surface area (Å²) in [6.45, 7) is 2.16. The molecular weight excluding hydrogens is 204 g/mol. The Balaban J connectivity index is 2.19. The van der Waals surface area contributed by atoms with Crippen molar-refractivity contribution in [3.8, 4) is 0 Å². The zero-order chi connectivity index (χ0) is 11.8. The predicted octanol–water partition coefficient (Wildman–Crippen LogP) is 1.54. The first kappa shape index (κ1) is 11.3. The summed E-state index contributed by atoms with van der Waals surface area (Å²) in [7, 11) is 1.72. The molecule has 1 saturated carbocycles. The van der Waals surface area contributed by atoms with Gasteiger partial charge in [-0.05, 0) is 37.7 Å². The van der Waals surface area contributed by atoms with Crippen LogP contribution in [0.3, 0.4) is 0 Å². The van der Waals surface area contributed by atoms with Gasteiger partial charge in [0.2, 0.25) is 5.78 Å². The number of rotatable bonds is 2. The molecule has 16 heavy (non-hydrogen) atoms. The number of ketones is 1. The molecule has 0 amide bonds. The molecule has 1 aliphatic carbocycles. The first-order valence-electron chi connectivity index (χ1n) is 5.78. The molecule has 0 unspecified atom stereocenters. The summed E-state index contributed by atoms with van der Waals surface area (Å²) in [6, 6.07) is 1.67. The Morgan fingerprint density at radius 2 is 2.19 bits per heavy atom. The number of nitrogens with zero attached hydrogens (tertiary/aromatic N) is 2. The highest BCUT2D eigenvalue weighted by Crippen LogP contribution is 2.34. The smallest absolute Gasteiger partial charge is 0.212 e. The minimum Gasteiger partial charge on any atom is -0.382 e. The van der Waals surface area contributed by atoms with E-state index in [0.717, 1.165) is 12.8 Å². The summed E-state index contributed by atoms with van der Waals surface area (Å²) in [5.41, 5.74) is -0.669. The van der Waals surface area contributed by atoms with E-state index in [1.54, 1.807) is 19.3 Å². The van der Waals surface area contributed by atoms with Crippen molar-refractivity contribution in [2.45, 2.75) is 38.2 Å². The van der Waals surface area contributed by atoms with Crippen molar-refractivity contribution < 1.29 is 9.90 Å². The average molecular weight is 222 g/mol. The minimum atomic E-state index is -1.17. The third-order valence-corrected chi connectivity index (χ3v) is 3.58. The second-order valence-corrected chi connectivity index (χ2v) is 4.88. The van der Waals surface area contributed by atoms with Crippen molar-refractivity contribution in [3.05, 3.63) is 18.0 Å². The molecule has 1 aromatic rings. The van der Waals surface area contributed by atoms with Crippen LogP contribution in [0.2, 0.25) is 0 Å². The maximum Gasteiger partial charge on any atom is 0.212 e. The summed E-state index contributed by atoms with van der Waals surface area (Å²) >= 11 is 0. The summed E-state index contributed by atoms with van der Waals surface area (Å²) < 4.78 is 1.53. The monoisotopic (exact) mass is 222 g/mol. The second-order valence-electron chi connectivity index (χ2n) is 4.88. The Hall–Kier alpha value is -1.16. The van der Waals surface area contributed by atoms with E-state index in [0.29, 0.717) is 24.5 Å². The predicted molar refractivity (Wildman–Crippen MR) is 60.1 cm³/mol. The van der Waals surface area contributed by atoms with Gasteiger partial charge in [0, 0.05) is 13.2 Å². The largest absolute Gasteiger partial charge is 0.382 e. The average Bonchev–Trinajstić information content (AvgIpc) is 2.68. The molecule has 1 fully saturated rings. The van der Waals surface area contributed by atoms with Crippen LogP contribution in [-0.4, -0.2) is 26.3 Å². The SMILES string of the molecule is CC1CCC(O)(C(=O)c2ccnn2C)CC1. The zero-order valence-electron chi connectivity index (χ0n) is 9.81. The highest BCUT2D eigenvalue weighted by atomic mass is 16.3. The van der Waals surface area contributed by atoms with Crippen LogP contribution in [-0.2, 0) is 7.05 Å². The molecule has 0 saturated heterocycles. The first-order chi connectivity index (χ1) is 7.53. The molecule has 0 spiro atoms. The van der Waals surface area contributed by atoms with Crippen molar-refractivity contribution in [2.75, 3.05) is 0 Å². The molecule has 4 nitrogen and oxygen atoms in total. The number of aromatic nitrogens is 2. The topological polar surface area (TPSA) is 55.1 Å². The van der Waals surface area contributed by atoms with Gasteiger partial charge in [0.1, 0.15) is 11.3 Å². The van der Waals surface area contributed by atoms with Crippen LogP contribution in [0.1, 0.15) is 43.1 Å². The maximum absolute atomic E-state index is 12.2. The van der Waals surface area contributed by atoms with Crippen LogP contribution in [0.25, 0.3) is 0 Å². The minimum absolute atomic E-state index is 0.181. The Morgan fingerprint density at radius 3 is 2.69 bits per heavy atom. The zero-order valence-corrected chi connectivity index (χ0v) is 9.81.